The number of nitrogens with two attached hydrogens (primary N) is 1. The summed E-state index contributed by atoms with van der Waals surface area (Å²) in [5.41, 5.74) is 9.27. The van der Waals surface area contributed by atoms with Gasteiger partial charge in [0.25, 0.3) is 0 Å². The van der Waals surface area contributed by atoms with Crippen LogP contribution < -0.4 is 10.6 Å². The molecule has 0 radical (unpaired) electrons. The maximum atomic E-state index is 6.36. The number of morpholine rings is 1. The summed E-state index contributed by atoms with van der Waals surface area (Å²) in [5.74, 6) is 0. The summed E-state index contributed by atoms with van der Waals surface area (Å²) >= 11 is 6.36. The fraction of sp³-hybridized carbons (Fsp3) is 0.571. The third-order valence-electron chi connectivity index (χ3n) is 3.37. The lowest BCUT2D eigenvalue weighted by atomic mass is 10.0. The first-order valence-corrected chi connectivity index (χ1v) is 6.92. The number of halogens is 1. The van der Waals surface area contributed by atoms with Crippen molar-refractivity contribution in [3.05, 3.63) is 28.3 Å². The third kappa shape index (κ3) is 3.16. The Hall–Kier alpha value is -0.770. The second-order valence-electron chi connectivity index (χ2n) is 4.72. The molecule has 4 heteroatoms. The first-order valence-electron chi connectivity index (χ1n) is 6.54. The van der Waals surface area contributed by atoms with Crippen LogP contribution in [-0.2, 0) is 11.2 Å². The molecule has 0 spiro atoms. The van der Waals surface area contributed by atoms with Gasteiger partial charge in [0.15, 0.2) is 0 Å². The zero-order chi connectivity index (χ0) is 13.0. The van der Waals surface area contributed by atoms with Crippen molar-refractivity contribution in [2.24, 2.45) is 5.73 Å². The summed E-state index contributed by atoms with van der Waals surface area (Å²) < 4.78 is 5.38. The van der Waals surface area contributed by atoms with E-state index in [1.165, 1.54) is 16.8 Å². The second kappa shape index (κ2) is 6.41. The van der Waals surface area contributed by atoms with Crippen molar-refractivity contribution in [2.45, 2.75) is 19.8 Å². The molecule has 1 aromatic carbocycles. The Balaban J connectivity index is 2.18. The molecule has 0 amide bonds. The van der Waals surface area contributed by atoms with Gasteiger partial charge in [-0.25, -0.2) is 0 Å². The van der Waals surface area contributed by atoms with Crippen LogP contribution in [0.4, 0.5) is 5.69 Å². The van der Waals surface area contributed by atoms with Crippen molar-refractivity contribution in [3.8, 4) is 0 Å². The second-order valence-corrected chi connectivity index (χ2v) is 5.13. The minimum Gasteiger partial charge on any atom is -0.378 e. The van der Waals surface area contributed by atoms with Crippen molar-refractivity contribution in [1.29, 1.82) is 0 Å². The van der Waals surface area contributed by atoms with Crippen LogP contribution in [0.3, 0.4) is 0 Å². The normalized spacial score (nSPS) is 16.1. The number of hydrogen-bond donors (Lipinski definition) is 1. The number of anilines is 1. The van der Waals surface area contributed by atoms with Gasteiger partial charge >= 0.3 is 0 Å². The van der Waals surface area contributed by atoms with Crippen molar-refractivity contribution in [2.75, 3.05) is 37.7 Å². The van der Waals surface area contributed by atoms with E-state index in [9.17, 15) is 0 Å². The highest BCUT2D eigenvalue weighted by molar-refractivity contribution is 6.31. The lowest BCUT2D eigenvalue weighted by Gasteiger charge is -2.30. The van der Waals surface area contributed by atoms with E-state index in [1.54, 1.807) is 0 Å². The molecule has 1 aliphatic heterocycles. The predicted molar refractivity (Wildman–Crippen MR) is 76.6 cm³/mol. The van der Waals surface area contributed by atoms with Gasteiger partial charge in [-0.05, 0) is 43.5 Å². The van der Waals surface area contributed by atoms with Gasteiger partial charge in [-0.15, -0.1) is 0 Å². The zero-order valence-electron chi connectivity index (χ0n) is 10.9. The molecule has 1 aromatic rings. The smallest absolute Gasteiger partial charge is 0.0642 e. The Morgan fingerprint density at radius 2 is 2.06 bits per heavy atom. The largest absolute Gasteiger partial charge is 0.378 e. The Kier molecular flexibility index (Phi) is 4.87. The first-order chi connectivity index (χ1) is 8.72. The van der Waals surface area contributed by atoms with E-state index in [1.807, 2.05) is 0 Å². The van der Waals surface area contributed by atoms with Crippen molar-refractivity contribution in [3.63, 3.8) is 0 Å². The number of benzene rings is 1. The van der Waals surface area contributed by atoms with Crippen molar-refractivity contribution >= 4 is 17.3 Å². The van der Waals surface area contributed by atoms with Crippen LogP contribution in [-0.4, -0.2) is 32.8 Å². The van der Waals surface area contributed by atoms with E-state index < -0.39 is 0 Å². The predicted octanol–water partition coefficient (Wildman–Crippen LogP) is 2.38. The van der Waals surface area contributed by atoms with Crippen LogP contribution in [0, 0.1) is 6.92 Å². The third-order valence-corrected chi connectivity index (χ3v) is 3.72. The molecule has 1 saturated heterocycles. The number of aryl methyl sites for hydroxylation is 2. The van der Waals surface area contributed by atoms with Crippen molar-refractivity contribution < 1.29 is 4.74 Å². The molecule has 1 heterocycles. The topological polar surface area (TPSA) is 38.5 Å². The summed E-state index contributed by atoms with van der Waals surface area (Å²) in [5, 5.41) is 0.857. The van der Waals surface area contributed by atoms with Crippen LogP contribution in [0.25, 0.3) is 0 Å². The van der Waals surface area contributed by atoms with Crippen molar-refractivity contribution in [1.82, 2.24) is 0 Å². The molecule has 1 fully saturated rings. The molecule has 100 valence electrons. The molecule has 3 nitrogen and oxygen atoms in total. The Morgan fingerprint density at radius 1 is 1.33 bits per heavy atom. The summed E-state index contributed by atoms with van der Waals surface area (Å²) in [6.45, 7) is 6.34. The number of nitrogens with zero attached hydrogens (tertiary/aromatic N) is 1. The highest BCUT2D eigenvalue weighted by Gasteiger charge is 2.15. The average Bonchev–Trinajstić information content (AvgIpc) is 2.40. The average molecular weight is 269 g/mol. The molecule has 18 heavy (non-hydrogen) atoms. The molecule has 2 N–H and O–H groups in total. The summed E-state index contributed by atoms with van der Waals surface area (Å²) in [6.07, 6.45) is 1.94. The maximum absolute atomic E-state index is 6.36. The fourth-order valence-electron chi connectivity index (χ4n) is 2.36. The maximum Gasteiger partial charge on any atom is 0.0642 e. The van der Waals surface area contributed by atoms with E-state index in [2.05, 4.69) is 24.0 Å². The lowest BCUT2D eigenvalue weighted by molar-refractivity contribution is 0.122. The van der Waals surface area contributed by atoms with E-state index >= 15 is 0 Å². The van der Waals surface area contributed by atoms with Crippen LogP contribution in [0.15, 0.2) is 12.1 Å². The molecule has 0 unspecified atom stereocenters. The standard InChI is InChI=1S/C14H21ClN2O/c1-11-9-12(3-2-4-16)13(15)10-14(11)17-5-7-18-8-6-17/h9-10H,2-8,16H2,1H3. The first kappa shape index (κ1) is 13.7. The van der Waals surface area contributed by atoms with E-state index in [0.29, 0.717) is 6.54 Å². The van der Waals surface area contributed by atoms with Gasteiger partial charge in [0.05, 0.1) is 13.2 Å². The van der Waals surface area contributed by atoms with Crippen LogP contribution in [0.5, 0.6) is 0 Å². The fourth-order valence-corrected chi connectivity index (χ4v) is 2.61. The van der Waals surface area contributed by atoms with Gasteiger partial charge in [-0.1, -0.05) is 17.7 Å². The molecule has 0 atom stereocenters. The van der Waals surface area contributed by atoms with Gasteiger partial charge in [0.1, 0.15) is 0 Å². The van der Waals surface area contributed by atoms with Crippen LogP contribution in [0.1, 0.15) is 17.5 Å². The zero-order valence-corrected chi connectivity index (χ0v) is 11.7. The number of rotatable bonds is 4. The molecular weight excluding hydrogens is 248 g/mol. The molecule has 2 rings (SSSR count). The lowest BCUT2D eigenvalue weighted by Crippen LogP contribution is -2.36. The monoisotopic (exact) mass is 268 g/mol. The molecule has 1 aliphatic rings. The Bertz CT molecular complexity index is 403. The Morgan fingerprint density at radius 3 is 2.72 bits per heavy atom. The number of ether oxygens (including phenoxy) is 1. The quantitative estimate of drug-likeness (QED) is 0.911. The van der Waals surface area contributed by atoms with E-state index in [4.69, 9.17) is 22.1 Å². The SMILES string of the molecule is Cc1cc(CCCN)c(Cl)cc1N1CCOCC1. The van der Waals surface area contributed by atoms with Gasteiger partial charge in [-0.3, -0.25) is 0 Å². The minimum absolute atomic E-state index is 0.709. The molecular formula is C14H21ClN2O. The van der Waals surface area contributed by atoms with E-state index in [0.717, 1.165) is 44.2 Å². The number of hydrogen-bond acceptors (Lipinski definition) is 3. The van der Waals surface area contributed by atoms with Gasteiger partial charge in [0.2, 0.25) is 0 Å². The van der Waals surface area contributed by atoms with Crippen LogP contribution in [0.2, 0.25) is 5.02 Å². The molecule has 0 aromatic heterocycles. The summed E-state index contributed by atoms with van der Waals surface area (Å²) in [7, 11) is 0. The highest BCUT2D eigenvalue weighted by Crippen LogP contribution is 2.29. The van der Waals surface area contributed by atoms with Gasteiger partial charge in [0, 0.05) is 23.8 Å². The molecule has 0 bridgehead atoms. The molecule has 0 saturated carbocycles. The Labute approximate surface area is 114 Å². The van der Waals surface area contributed by atoms with Gasteiger partial charge < -0.3 is 15.4 Å². The molecule has 0 aliphatic carbocycles. The van der Waals surface area contributed by atoms with Gasteiger partial charge in [-0.2, -0.15) is 0 Å². The summed E-state index contributed by atoms with van der Waals surface area (Å²) in [6, 6.07) is 4.29. The summed E-state index contributed by atoms with van der Waals surface area (Å²) in [4.78, 5) is 2.34. The van der Waals surface area contributed by atoms with Crippen LogP contribution >= 0.6 is 11.6 Å². The van der Waals surface area contributed by atoms with E-state index in [-0.39, 0.29) is 0 Å². The minimum atomic E-state index is 0.709. The highest BCUT2D eigenvalue weighted by atomic mass is 35.5.